The highest BCUT2D eigenvalue weighted by atomic mass is 16.6. The molecule has 0 aromatic rings. The van der Waals surface area contributed by atoms with E-state index in [1.165, 1.54) is 276 Å². The fourth-order valence-corrected chi connectivity index (χ4v) is 11.1. The lowest BCUT2D eigenvalue weighted by molar-refractivity contribution is -0.167. The molecule has 0 aromatic heterocycles. The number of unbranched alkanes of at least 4 members (excludes halogenated alkanes) is 49. The van der Waals surface area contributed by atoms with Crippen LogP contribution in [0.4, 0.5) is 0 Å². The van der Waals surface area contributed by atoms with Gasteiger partial charge in [-0.25, -0.2) is 0 Å². The molecule has 0 radical (unpaired) electrons. The highest BCUT2D eigenvalue weighted by molar-refractivity contribution is 5.71. The highest BCUT2D eigenvalue weighted by Gasteiger charge is 2.19. The van der Waals surface area contributed by atoms with Crippen molar-refractivity contribution >= 4 is 17.9 Å². The second-order valence-electron chi connectivity index (χ2n) is 24.8. The van der Waals surface area contributed by atoms with Gasteiger partial charge in [0.1, 0.15) is 13.2 Å². The van der Waals surface area contributed by atoms with E-state index in [-0.39, 0.29) is 31.1 Å². The van der Waals surface area contributed by atoms with Crippen molar-refractivity contribution in [2.24, 2.45) is 0 Å². The molecule has 0 bridgehead atoms. The molecule has 6 heteroatoms. The molecule has 0 aromatic carbocycles. The predicted molar refractivity (Wildman–Crippen MR) is 358 cm³/mol. The fraction of sp³-hybridized carbons (Fsp3) is 0.855. The van der Waals surface area contributed by atoms with E-state index in [0.717, 1.165) is 83.5 Å². The predicted octanol–water partition coefficient (Wildman–Crippen LogP) is 25.3. The molecule has 6 nitrogen and oxygen atoms in total. The molecule has 480 valence electrons. The van der Waals surface area contributed by atoms with Crippen molar-refractivity contribution in [3.05, 3.63) is 48.6 Å². The zero-order chi connectivity index (χ0) is 59.2. The van der Waals surface area contributed by atoms with Crippen LogP contribution < -0.4 is 0 Å². The number of carbonyl (C=O) groups is 3. The maximum atomic E-state index is 12.9. The third kappa shape index (κ3) is 68.2. The molecule has 0 saturated heterocycles. The highest BCUT2D eigenvalue weighted by Crippen LogP contribution is 2.19. The minimum Gasteiger partial charge on any atom is -0.462 e. The first-order valence-corrected chi connectivity index (χ1v) is 36.6. The second kappa shape index (κ2) is 70.9. The number of hydrogen-bond donors (Lipinski definition) is 0. The first kappa shape index (κ1) is 79.4. The van der Waals surface area contributed by atoms with Gasteiger partial charge in [-0.05, 0) is 57.8 Å². The van der Waals surface area contributed by atoms with Gasteiger partial charge in [0.15, 0.2) is 6.10 Å². The Morgan fingerprint density at radius 1 is 0.256 bits per heavy atom. The Morgan fingerprint density at radius 3 is 0.744 bits per heavy atom. The minimum atomic E-state index is -0.767. The smallest absolute Gasteiger partial charge is 0.306 e. The number of carbonyl (C=O) groups excluding carboxylic acids is 3. The Hall–Kier alpha value is -2.63. The van der Waals surface area contributed by atoms with Crippen LogP contribution in [0.2, 0.25) is 0 Å². The van der Waals surface area contributed by atoms with E-state index in [9.17, 15) is 14.4 Å². The third-order valence-corrected chi connectivity index (χ3v) is 16.6. The van der Waals surface area contributed by atoms with Gasteiger partial charge in [0.2, 0.25) is 0 Å². The zero-order valence-electron chi connectivity index (χ0n) is 55.3. The van der Waals surface area contributed by atoms with Crippen molar-refractivity contribution in [1.29, 1.82) is 0 Å². The lowest BCUT2D eigenvalue weighted by Gasteiger charge is -2.18. The number of hydrogen-bond acceptors (Lipinski definition) is 6. The molecule has 0 aliphatic carbocycles. The van der Waals surface area contributed by atoms with Crippen molar-refractivity contribution in [1.82, 2.24) is 0 Å². The number of rotatable bonds is 68. The van der Waals surface area contributed by atoms with Gasteiger partial charge in [-0.15, -0.1) is 0 Å². The van der Waals surface area contributed by atoms with E-state index in [0.29, 0.717) is 19.3 Å². The molecule has 0 aliphatic rings. The van der Waals surface area contributed by atoms with E-state index in [2.05, 4.69) is 69.4 Å². The molecular weight excluding hydrogens is 1010 g/mol. The summed E-state index contributed by atoms with van der Waals surface area (Å²) in [5.41, 5.74) is 0. The van der Waals surface area contributed by atoms with E-state index >= 15 is 0 Å². The number of allylic oxidation sites excluding steroid dienone is 8. The van der Waals surface area contributed by atoms with Gasteiger partial charge >= 0.3 is 17.9 Å². The van der Waals surface area contributed by atoms with Crippen LogP contribution in [0.3, 0.4) is 0 Å². The Labute approximate surface area is 511 Å². The normalized spacial score (nSPS) is 12.3. The summed E-state index contributed by atoms with van der Waals surface area (Å²) >= 11 is 0. The number of esters is 3. The summed E-state index contributed by atoms with van der Waals surface area (Å²) in [6, 6.07) is 0. The molecule has 0 spiro atoms. The van der Waals surface area contributed by atoms with Crippen molar-refractivity contribution in [2.75, 3.05) is 13.2 Å². The van der Waals surface area contributed by atoms with Crippen LogP contribution >= 0.6 is 0 Å². The first-order chi connectivity index (χ1) is 40.5. The van der Waals surface area contributed by atoms with Crippen LogP contribution in [0.1, 0.15) is 400 Å². The monoisotopic (exact) mass is 1150 g/mol. The van der Waals surface area contributed by atoms with E-state index in [1.54, 1.807) is 0 Å². The summed E-state index contributed by atoms with van der Waals surface area (Å²) in [6.07, 6.45) is 90.3. The van der Waals surface area contributed by atoms with Gasteiger partial charge in [-0.3, -0.25) is 14.4 Å². The van der Waals surface area contributed by atoms with Gasteiger partial charge in [0.25, 0.3) is 0 Å². The molecule has 0 heterocycles. The average Bonchev–Trinajstić information content (AvgIpc) is 3.48. The lowest BCUT2D eigenvalue weighted by Crippen LogP contribution is -2.30. The van der Waals surface area contributed by atoms with Crippen molar-refractivity contribution in [3.63, 3.8) is 0 Å². The molecule has 0 rings (SSSR count). The first-order valence-electron chi connectivity index (χ1n) is 36.6. The van der Waals surface area contributed by atoms with Gasteiger partial charge in [-0.2, -0.15) is 0 Å². The van der Waals surface area contributed by atoms with Crippen molar-refractivity contribution in [2.45, 2.75) is 406 Å². The standard InChI is InChI=1S/C76H140O6/c1-4-7-10-13-16-19-21-23-25-27-29-31-33-34-35-36-37-38-39-40-41-42-43-45-46-48-50-52-54-57-60-63-66-69-75(78)81-72-73(71-80-74(77)68-65-62-59-56-18-15-12-9-6-3)82-76(79)70-67-64-61-58-55-53-51-49-47-44-32-30-28-26-24-22-20-17-14-11-8-5-2/h7,10,16,19,23,25,29,31,73H,4-6,8-9,11-15,17-18,20-22,24,26-28,30,32-72H2,1-3H3/b10-7-,19-16-,25-23-,31-29-. The van der Waals surface area contributed by atoms with Crippen LogP contribution in [0.5, 0.6) is 0 Å². The Balaban J connectivity index is 4.04. The Bertz CT molecular complexity index is 1410. The van der Waals surface area contributed by atoms with E-state index in [1.807, 2.05) is 0 Å². The van der Waals surface area contributed by atoms with Gasteiger partial charge in [0.05, 0.1) is 0 Å². The molecule has 0 fully saturated rings. The minimum absolute atomic E-state index is 0.0649. The van der Waals surface area contributed by atoms with Crippen LogP contribution in [-0.4, -0.2) is 37.2 Å². The Morgan fingerprint density at radius 2 is 0.476 bits per heavy atom. The summed E-state index contributed by atoms with van der Waals surface area (Å²) in [6.45, 7) is 6.58. The summed E-state index contributed by atoms with van der Waals surface area (Å²) in [5.74, 6) is -0.836. The molecule has 1 atom stereocenters. The van der Waals surface area contributed by atoms with Gasteiger partial charge in [-0.1, -0.05) is 371 Å². The van der Waals surface area contributed by atoms with Crippen LogP contribution in [-0.2, 0) is 28.6 Å². The quantitative estimate of drug-likeness (QED) is 0.0261. The molecule has 0 N–H and O–H groups in total. The molecule has 1 unspecified atom stereocenters. The van der Waals surface area contributed by atoms with Gasteiger partial charge < -0.3 is 14.2 Å². The van der Waals surface area contributed by atoms with Crippen LogP contribution in [0, 0.1) is 0 Å². The van der Waals surface area contributed by atoms with E-state index < -0.39 is 6.10 Å². The summed E-state index contributed by atoms with van der Waals surface area (Å²) in [7, 11) is 0. The summed E-state index contributed by atoms with van der Waals surface area (Å²) in [4.78, 5) is 38.3. The number of ether oxygens (including phenoxy) is 3. The van der Waals surface area contributed by atoms with Crippen LogP contribution in [0.15, 0.2) is 48.6 Å². The molecule has 0 amide bonds. The average molecular weight is 1150 g/mol. The fourth-order valence-electron chi connectivity index (χ4n) is 11.1. The Kier molecular flexibility index (Phi) is 68.6. The topological polar surface area (TPSA) is 78.9 Å². The lowest BCUT2D eigenvalue weighted by atomic mass is 10.0. The largest absolute Gasteiger partial charge is 0.462 e. The molecule has 0 aliphatic heterocycles. The second-order valence-corrected chi connectivity index (χ2v) is 24.8. The van der Waals surface area contributed by atoms with Crippen molar-refractivity contribution < 1.29 is 28.6 Å². The summed E-state index contributed by atoms with van der Waals surface area (Å²) in [5, 5.41) is 0. The maximum absolute atomic E-state index is 12.9. The molecular formula is C76H140O6. The summed E-state index contributed by atoms with van der Waals surface area (Å²) < 4.78 is 17.0. The molecule has 0 saturated carbocycles. The maximum Gasteiger partial charge on any atom is 0.306 e. The van der Waals surface area contributed by atoms with Crippen LogP contribution in [0.25, 0.3) is 0 Å². The SMILES string of the molecule is CC/C=C\C/C=C\C/C=C\C/C=C\CCCCCCCCCCCCCCCCCCCCCCC(=O)OCC(COC(=O)CCCCCCCCCCC)OC(=O)CCCCCCCCCCCCCCCCCCCCCCCC. The zero-order valence-corrected chi connectivity index (χ0v) is 55.3. The third-order valence-electron chi connectivity index (χ3n) is 16.6. The van der Waals surface area contributed by atoms with Gasteiger partial charge in [0, 0.05) is 19.3 Å². The van der Waals surface area contributed by atoms with Crippen molar-refractivity contribution in [3.8, 4) is 0 Å². The molecule has 82 heavy (non-hydrogen) atoms. The van der Waals surface area contributed by atoms with E-state index in [4.69, 9.17) is 14.2 Å².